The van der Waals surface area contributed by atoms with Crippen LogP contribution in [0.5, 0.6) is 0 Å². The minimum Gasteiger partial charge on any atom is -0.321 e. The second-order valence-electron chi connectivity index (χ2n) is 10.7. The highest BCUT2D eigenvalue weighted by atomic mass is 15.2. The van der Waals surface area contributed by atoms with Crippen LogP contribution >= 0.6 is 0 Å². The number of hydrogen-bond donors (Lipinski definition) is 0. The predicted octanol–water partition coefficient (Wildman–Crippen LogP) is 8.95. The average Bonchev–Trinajstić information content (AvgIpc) is 3.56. The fraction of sp³-hybridized carbons (Fsp3) is 0.0278. The molecule has 10 rings (SSSR count). The lowest BCUT2D eigenvalue weighted by molar-refractivity contribution is 0.684. The Morgan fingerprint density at radius 1 is 0.579 bits per heavy atom. The van der Waals surface area contributed by atoms with Crippen molar-refractivity contribution in [1.82, 2.24) is 4.98 Å². The number of hydrogen-bond acceptors (Lipinski definition) is 2. The molecule has 1 unspecified atom stereocenters. The number of fused-ring (bicyclic) bond motifs is 7. The van der Waals surface area contributed by atoms with Crippen molar-refractivity contribution in [3.05, 3.63) is 138 Å². The number of nitrogens with zero attached hydrogens (tertiary/aromatic N) is 2. The molecule has 1 aromatic heterocycles. The zero-order chi connectivity index (χ0) is 24.6. The van der Waals surface area contributed by atoms with Gasteiger partial charge in [-0.15, -0.1) is 0 Å². The molecule has 7 aromatic rings. The quantitative estimate of drug-likeness (QED) is 0.218. The normalized spacial score (nSPS) is 17.5. The van der Waals surface area contributed by atoms with Gasteiger partial charge in [0.15, 0.2) is 0 Å². The first kappa shape index (κ1) is 19.2. The number of aromatic nitrogens is 1. The van der Waals surface area contributed by atoms with E-state index in [1.54, 1.807) is 0 Å². The largest absolute Gasteiger partial charge is 0.321 e. The van der Waals surface area contributed by atoms with Crippen LogP contribution in [0.3, 0.4) is 0 Å². The van der Waals surface area contributed by atoms with Crippen molar-refractivity contribution in [3.63, 3.8) is 0 Å². The highest BCUT2D eigenvalue weighted by Crippen LogP contribution is 2.71. The molecule has 2 nitrogen and oxygen atoms in total. The third-order valence-corrected chi connectivity index (χ3v) is 9.15. The first-order chi connectivity index (χ1) is 18.9. The maximum atomic E-state index is 4.58. The predicted molar refractivity (Wildman–Crippen MR) is 156 cm³/mol. The summed E-state index contributed by atoms with van der Waals surface area (Å²) < 4.78 is 0. The van der Waals surface area contributed by atoms with E-state index in [-0.39, 0.29) is 0 Å². The Hall–Kier alpha value is -4.95. The summed E-state index contributed by atoms with van der Waals surface area (Å²) in [6.07, 6.45) is 3.89. The maximum absolute atomic E-state index is 4.58. The molecule has 0 radical (unpaired) electrons. The summed E-state index contributed by atoms with van der Waals surface area (Å²) in [4.78, 5) is 7.16. The molecule has 6 aromatic carbocycles. The maximum Gasteiger partial charge on any atom is 0.124 e. The van der Waals surface area contributed by atoms with Crippen molar-refractivity contribution in [3.8, 4) is 22.3 Å². The average molecular weight is 481 g/mol. The number of rotatable bonds is 1. The second-order valence-corrected chi connectivity index (χ2v) is 10.7. The van der Waals surface area contributed by atoms with Crippen LogP contribution in [0.2, 0.25) is 0 Å². The molecule has 0 fully saturated rings. The van der Waals surface area contributed by atoms with Crippen LogP contribution in [0, 0.1) is 0 Å². The Bertz CT molecular complexity index is 2190. The molecular weight excluding hydrogens is 460 g/mol. The Morgan fingerprint density at radius 3 is 2.39 bits per heavy atom. The van der Waals surface area contributed by atoms with Gasteiger partial charge in [0.05, 0.1) is 17.6 Å². The first-order valence-electron chi connectivity index (χ1n) is 13.2. The SMILES string of the molecule is c1cncc(N2c3cccc4ccc5c(c34)C23c2ccccc2-c2c3c-5cc3c2ccc2ccccc23)c1. The molecular formula is C36H20N2. The van der Waals surface area contributed by atoms with Crippen molar-refractivity contribution in [2.24, 2.45) is 0 Å². The van der Waals surface area contributed by atoms with Gasteiger partial charge in [0, 0.05) is 22.7 Å². The first-order valence-corrected chi connectivity index (χ1v) is 13.2. The lowest BCUT2D eigenvalue weighted by Crippen LogP contribution is -2.39. The van der Waals surface area contributed by atoms with Gasteiger partial charge in [-0.05, 0) is 79.0 Å². The zero-order valence-corrected chi connectivity index (χ0v) is 20.4. The van der Waals surface area contributed by atoms with Crippen molar-refractivity contribution in [2.75, 3.05) is 4.90 Å². The minimum atomic E-state index is -0.414. The van der Waals surface area contributed by atoms with Gasteiger partial charge in [-0.25, -0.2) is 0 Å². The van der Waals surface area contributed by atoms with Crippen molar-refractivity contribution < 1.29 is 0 Å². The van der Waals surface area contributed by atoms with Gasteiger partial charge in [0.25, 0.3) is 0 Å². The van der Waals surface area contributed by atoms with E-state index in [4.69, 9.17) is 0 Å². The highest BCUT2D eigenvalue weighted by molar-refractivity contribution is 6.22. The second kappa shape index (κ2) is 6.30. The molecule has 174 valence electrons. The summed E-state index contributed by atoms with van der Waals surface area (Å²) in [5.41, 5.74) is 11.6. The van der Waals surface area contributed by atoms with Gasteiger partial charge in [0.2, 0.25) is 0 Å². The number of benzene rings is 6. The number of anilines is 2. The zero-order valence-electron chi connectivity index (χ0n) is 20.4. The summed E-state index contributed by atoms with van der Waals surface area (Å²) in [7, 11) is 0. The molecule has 2 aliphatic carbocycles. The summed E-state index contributed by atoms with van der Waals surface area (Å²) in [5.74, 6) is 0. The van der Waals surface area contributed by atoms with E-state index in [1.165, 1.54) is 76.9 Å². The van der Waals surface area contributed by atoms with E-state index in [2.05, 4.69) is 119 Å². The van der Waals surface area contributed by atoms with Crippen LogP contribution in [0.15, 0.2) is 122 Å². The fourth-order valence-electron chi connectivity index (χ4n) is 7.92. The molecule has 0 saturated heterocycles. The molecule has 2 heteroatoms. The van der Waals surface area contributed by atoms with Crippen molar-refractivity contribution in [1.29, 1.82) is 0 Å². The lowest BCUT2D eigenvalue weighted by Gasteiger charge is -2.38. The molecule has 38 heavy (non-hydrogen) atoms. The standard InChI is InChI=1S/C36H20N2/c1-2-10-24-21(7-1)14-16-25-28(24)19-29-26-17-15-22-8-5-13-31-32(22)34(26)36(38(31)23-9-6-18-37-20-23)30-12-4-3-11-27(30)33(25)35(29)36/h1-20H. The van der Waals surface area contributed by atoms with Crippen LogP contribution in [-0.2, 0) is 5.54 Å². The van der Waals surface area contributed by atoms with Crippen molar-refractivity contribution >= 4 is 43.7 Å². The topological polar surface area (TPSA) is 16.1 Å². The van der Waals surface area contributed by atoms with E-state index in [0.717, 1.165) is 5.69 Å². The summed E-state index contributed by atoms with van der Waals surface area (Å²) in [6.45, 7) is 0. The summed E-state index contributed by atoms with van der Waals surface area (Å²) >= 11 is 0. The molecule has 1 atom stereocenters. The molecule has 1 spiro atoms. The molecule has 0 N–H and O–H groups in total. The third-order valence-electron chi connectivity index (χ3n) is 9.15. The van der Waals surface area contributed by atoms with Gasteiger partial charge in [-0.1, -0.05) is 84.9 Å². The monoisotopic (exact) mass is 480 g/mol. The van der Waals surface area contributed by atoms with Gasteiger partial charge in [-0.2, -0.15) is 0 Å². The van der Waals surface area contributed by atoms with E-state index < -0.39 is 5.54 Å². The Morgan fingerprint density at radius 2 is 1.45 bits per heavy atom. The minimum absolute atomic E-state index is 0.414. The Kier molecular flexibility index (Phi) is 3.18. The number of pyridine rings is 1. The molecule has 0 amide bonds. The van der Waals surface area contributed by atoms with Crippen LogP contribution in [0.4, 0.5) is 11.4 Å². The van der Waals surface area contributed by atoms with Gasteiger partial charge in [0.1, 0.15) is 5.54 Å². The van der Waals surface area contributed by atoms with E-state index >= 15 is 0 Å². The summed E-state index contributed by atoms with van der Waals surface area (Å²) in [5, 5.41) is 7.92. The fourth-order valence-corrected chi connectivity index (χ4v) is 7.92. The third kappa shape index (κ3) is 1.91. The van der Waals surface area contributed by atoms with E-state index in [1.807, 2.05) is 12.4 Å². The van der Waals surface area contributed by atoms with Crippen LogP contribution in [0.25, 0.3) is 54.6 Å². The molecule has 0 saturated carbocycles. The molecule has 2 heterocycles. The highest BCUT2D eigenvalue weighted by Gasteiger charge is 2.60. The van der Waals surface area contributed by atoms with Gasteiger partial charge < -0.3 is 4.90 Å². The van der Waals surface area contributed by atoms with Gasteiger partial charge >= 0.3 is 0 Å². The van der Waals surface area contributed by atoms with E-state index in [0.29, 0.717) is 0 Å². The van der Waals surface area contributed by atoms with E-state index in [9.17, 15) is 0 Å². The summed E-state index contributed by atoms with van der Waals surface area (Å²) in [6, 6.07) is 40.7. The van der Waals surface area contributed by atoms with Crippen LogP contribution < -0.4 is 4.90 Å². The smallest absolute Gasteiger partial charge is 0.124 e. The lowest BCUT2D eigenvalue weighted by atomic mass is 9.83. The molecule has 3 aliphatic rings. The molecule has 0 bridgehead atoms. The van der Waals surface area contributed by atoms with Gasteiger partial charge in [-0.3, -0.25) is 4.98 Å². The van der Waals surface area contributed by atoms with Crippen LogP contribution in [-0.4, -0.2) is 4.98 Å². The van der Waals surface area contributed by atoms with Crippen molar-refractivity contribution in [2.45, 2.75) is 5.54 Å². The van der Waals surface area contributed by atoms with Crippen LogP contribution in [0.1, 0.15) is 16.7 Å². The Labute approximate surface area is 219 Å². The Balaban J connectivity index is 1.50. The molecule has 1 aliphatic heterocycles.